The molecule has 21 heavy (non-hydrogen) atoms. The average molecular weight is 285 g/mol. The molecule has 6 heteroatoms. The Morgan fingerprint density at radius 2 is 2.29 bits per heavy atom. The van der Waals surface area contributed by atoms with Gasteiger partial charge in [0, 0.05) is 23.4 Å². The Bertz CT molecular complexity index is 771. The molecule has 0 radical (unpaired) electrons. The summed E-state index contributed by atoms with van der Waals surface area (Å²) in [6.07, 6.45) is 0.947. The largest absolute Gasteiger partial charge is 0.497 e. The first-order chi connectivity index (χ1) is 10.3. The number of ether oxygens (including phenoxy) is 2. The lowest BCUT2D eigenvalue weighted by atomic mass is 10.1. The van der Waals surface area contributed by atoms with Crippen LogP contribution in [0.3, 0.4) is 0 Å². The summed E-state index contributed by atoms with van der Waals surface area (Å²) in [4.78, 5) is 7.76. The summed E-state index contributed by atoms with van der Waals surface area (Å²) < 4.78 is 16.0. The van der Waals surface area contributed by atoms with Crippen LogP contribution in [0.25, 0.3) is 22.5 Å². The first-order valence-corrected chi connectivity index (χ1v) is 6.92. The van der Waals surface area contributed by atoms with Crippen molar-refractivity contribution in [1.29, 1.82) is 0 Å². The van der Waals surface area contributed by atoms with Crippen LogP contribution >= 0.6 is 0 Å². The van der Waals surface area contributed by atoms with Gasteiger partial charge in [0.1, 0.15) is 11.4 Å². The number of aromatic nitrogens is 3. The second-order valence-corrected chi connectivity index (χ2v) is 5.15. The standard InChI is InChI=1S/C15H15N3O3/c1-19-11-2-3-12-10(6-11)7-13(16-12)15-17-14(18-21-15)9-4-5-20-8-9/h2-3,6-7,9,16H,4-5,8H2,1H3. The van der Waals surface area contributed by atoms with Crippen molar-refractivity contribution in [2.75, 3.05) is 20.3 Å². The Morgan fingerprint density at radius 3 is 3.10 bits per heavy atom. The Morgan fingerprint density at radius 1 is 1.33 bits per heavy atom. The number of nitrogens with one attached hydrogen (secondary N) is 1. The van der Waals surface area contributed by atoms with Crippen LogP contribution in [0.1, 0.15) is 18.2 Å². The smallest absolute Gasteiger partial charge is 0.274 e. The molecule has 2 aromatic heterocycles. The maximum Gasteiger partial charge on any atom is 0.274 e. The Hall–Kier alpha value is -2.34. The molecule has 1 aromatic carbocycles. The van der Waals surface area contributed by atoms with Crippen LogP contribution in [-0.4, -0.2) is 35.4 Å². The van der Waals surface area contributed by atoms with Crippen molar-refractivity contribution >= 4 is 10.9 Å². The number of hydrogen-bond acceptors (Lipinski definition) is 5. The van der Waals surface area contributed by atoms with Crippen molar-refractivity contribution < 1.29 is 14.0 Å². The molecule has 6 nitrogen and oxygen atoms in total. The minimum atomic E-state index is 0.243. The van der Waals surface area contributed by atoms with Gasteiger partial charge in [-0.1, -0.05) is 5.16 Å². The summed E-state index contributed by atoms with van der Waals surface area (Å²) in [6.45, 7) is 1.43. The van der Waals surface area contributed by atoms with E-state index in [1.54, 1.807) is 7.11 Å². The van der Waals surface area contributed by atoms with E-state index in [4.69, 9.17) is 14.0 Å². The minimum absolute atomic E-state index is 0.243. The molecule has 3 heterocycles. The van der Waals surface area contributed by atoms with Crippen molar-refractivity contribution in [3.05, 3.63) is 30.1 Å². The number of H-pyrrole nitrogens is 1. The molecular weight excluding hydrogens is 270 g/mol. The van der Waals surface area contributed by atoms with Gasteiger partial charge in [-0.2, -0.15) is 4.98 Å². The summed E-state index contributed by atoms with van der Waals surface area (Å²) in [7, 11) is 1.66. The van der Waals surface area contributed by atoms with E-state index in [2.05, 4.69) is 15.1 Å². The highest BCUT2D eigenvalue weighted by Gasteiger charge is 2.23. The lowest BCUT2D eigenvalue weighted by Gasteiger charge is -1.97. The molecule has 4 rings (SSSR count). The van der Waals surface area contributed by atoms with Crippen molar-refractivity contribution in [1.82, 2.24) is 15.1 Å². The van der Waals surface area contributed by atoms with Crippen molar-refractivity contribution in [2.45, 2.75) is 12.3 Å². The van der Waals surface area contributed by atoms with Crippen LogP contribution in [0, 0.1) is 0 Å². The first-order valence-electron chi connectivity index (χ1n) is 6.92. The van der Waals surface area contributed by atoms with E-state index < -0.39 is 0 Å². The Labute approximate surface area is 121 Å². The zero-order valence-electron chi connectivity index (χ0n) is 11.6. The number of rotatable bonds is 3. The van der Waals surface area contributed by atoms with Crippen molar-refractivity contribution in [2.24, 2.45) is 0 Å². The van der Waals surface area contributed by atoms with E-state index in [-0.39, 0.29) is 5.92 Å². The van der Waals surface area contributed by atoms with Gasteiger partial charge in [-0.25, -0.2) is 0 Å². The number of fused-ring (bicyclic) bond motifs is 1. The van der Waals surface area contributed by atoms with Gasteiger partial charge >= 0.3 is 0 Å². The lowest BCUT2D eigenvalue weighted by molar-refractivity contribution is 0.192. The highest BCUT2D eigenvalue weighted by molar-refractivity contribution is 5.85. The monoisotopic (exact) mass is 285 g/mol. The molecule has 0 aliphatic carbocycles. The van der Waals surface area contributed by atoms with E-state index in [0.29, 0.717) is 12.5 Å². The molecule has 0 amide bonds. The number of nitrogens with zero attached hydrogens (tertiary/aromatic N) is 2. The molecule has 0 saturated carbocycles. The second-order valence-electron chi connectivity index (χ2n) is 5.15. The van der Waals surface area contributed by atoms with Crippen LogP contribution in [0.4, 0.5) is 0 Å². The van der Waals surface area contributed by atoms with Gasteiger partial charge in [0.05, 0.1) is 13.7 Å². The molecule has 1 aliphatic heterocycles. The molecule has 0 spiro atoms. The van der Waals surface area contributed by atoms with Crippen LogP contribution in [0.5, 0.6) is 5.75 Å². The SMILES string of the molecule is COc1ccc2[nH]c(-c3nc(C4CCOC4)no3)cc2c1. The quantitative estimate of drug-likeness (QED) is 0.801. The Kier molecular flexibility index (Phi) is 2.89. The summed E-state index contributed by atoms with van der Waals surface area (Å²) in [5.74, 6) is 2.29. The zero-order chi connectivity index (χ0) is 14.2. The van der Waals surface area contributed by atoms with Crippen molar-refractivity contribution in [3.63, 3.8) is 0 Å². The molecule has 1 aliphatic rings. The van der Waals surface area contributed by atoms with Gasteiger partial charge in [-0.15, -0.1) is 0 Å². The summed E-state index contributed by atoms with van der Waals surface area (Å²) >= 11 is 0. The number of benzene rings is 1. The van der Waals surface area contributed by atoms with E-state index >= 15 is 0 Å². The number of hydrogen-bond donors (Lipinski definition) is 1. The number of aromatic amines is 1. The fraction of sp³-hybridized carbons (Fsp3) is 0.333. The fourth-order valence-corrected chi connectivity index (χ4v) is 2.60. The lowest BCUT2D eigenvalue weighted by Crippen LogP contribution is -1.99. The third kappa shape index (κ3) is 2.17. The second kappa shape index (κ2) is 4.89. The van der Waals surface area contributed by atoms with Crippen LogP contribution in [0.2, 0.25) is 0 Å². The summed E-state index contributed by atoms with van der Waals surface area (Å²) in [6, 6.07) is 7.84. The van der Waals surface area contributed by atoms with E-state index in [9.17, 15) is 0 Å². The fourth-order valence-electron chi connectivity index (χ4n) is 2.60. The van der Waals surface area contributed by atoms with E-state index in [1.807, 2.05) is 24.3 Å². The van der Waals surface area contributed by atoms with Gasteiger partial charge in [0.2, 0.25) is 0 Å². The molecule has 1 atom stereocenters. The minimum Gasteiger partial charge on any atom is -0.497 e. The van der Waals surface area contributed by atoms with Gasteiger partial charge < -0.3 is 19.0 Å². The molecule has 1 N–H and O–H groups in total. The van der Waals surface area contributed by atoms with Gasteiger partial charge in [-0.3, -0.25) is 0 Å². The molecular formula is C15H15N3O3. The third-order valence-corrected chi connectivity index (χ3v) is 3.79. The normalized spacial score (nSPS) is 18.4. The zero-order valence-corrected chi connectivity index (χ0v) is 11.6. The Balaban J connectivity index is 1.69. The topological polar surface area (TPSA) is 73.2 Å². The molecule has 1 saturated heterocycles. The van der Waals surface area contributed by atoms with Gasteiger partial charge in [-0.05, 0) is 30.7 Å². The molecule has 1 fully saturated rings. The maximum atomic E-state index is 5.37. The molecule has 108 valence electrons. The third-order valence-electron chi connectivity index (χ3n) is 3.79. The molecule has 0 bridgehead atoms. The molecule has 3 aromatic rings. The van der Waals surface area contributed by atoms with Crippen LogP contribution < -0.4 is 4.74 Å². The molecule has 1 unspecified atom stereocenters. The highest BCUT2D eigenvalue weighted by atomic mass is 16.5. The van der Waals surface area contributed by atoms with Crippen LogP contribution in [0.15, 0.2) is 28.8 Å². The highest BCUT2D eigenvalue weighted by Crippen LogP contribution is 2.28. The predicted octanol–water partition coefficient (Wildman–Crippen LogP) is 2.73. The summed E-state index contributed by atoms with van der Waals surface area (Å²) in [5.41, 5.74) is 1.82. The van der Waals surface area contributed by atoms with E-state index in [1.165, 1.54) is 0 Å². The number of methoxy groups -OCH3 is 1. The van der Waals surface area contributed by atoms with Crippen LogP contribution in [-0.2, 0) is 4.74 Å². The maximum absolute atomic E-state index is 5.37. The van der Waals surface area contributed by atoms with Gasteiger partial charge in [0.15, 0.2) is 5.82 Å². The van der Waals surface area contributed by atoms with Crippen molar-refractivity contribution in [3.8, 4) is 17.3 Å². The first kappa shape index (κ1) is 12.4. The average Bonchev–Trinajstić information content (AvgIpc) is 3.23. The predicted molar refractivity (Wildman–Crippen MR) is 76.3 cm³/mol. The van der Waals surface area contributed by atoms with Gasteiger partial charge in [0.25, 0.3) is 5.89 Å². The van der Waals surface area contributed by atoms with E-state index in [0.717, 1.165) is 41.2 Å². The summed E-state index contributed by atoms with van der Waals surface area (Å²) in [5, 5.41) is 5.12.